The van der Waals surface area contributed by atoms with E-state index in [0.717, 1.165) is 0 Å². The molecule has 2 N–H and O–H groups in total. The molecule has 92 valence electrons. The van der Waals surface area contributed by atoms with Gasteiger partial charge in [0.05, 0.1) is 0 Å². The third-order valence-corrected chi connectivity index (χ3v) is 2.05. The summed E-state index contributed by atoms with van der Waals surface area (Å²) in [7, 11) is 1.55. The van der Waals surface area contributed by atoms with E-state index in [4.69, 9.17) is 9.84 Å². The van der Waals surface area contributed by atoms with Gasteiger partial charge in [0.15, 0.2) is 0 Å². The Morgan fingerprint density at radius 1 is 1.56 bits per heavy atom. The minimum absolute atomic E-state index is 0.260. The monoisotopic (exact) mass is 229 g/mol. The molecule has 0 bridgehead atoms. The first-order chi connectivity index (χ1) is 7.61. The maximum absolute atomic E-state index is 11.3. The smallest absolute Gasteiger partial charge is 0.326 e. The van der Waals surface area contributed by atoms with Crippen LogP contribution in [-0.2, 0) is 14.3 Å². The predicted molar refractivity (Wildman–Crippen MR) is 60.1 cm³/mol. The molecule has 0 aromatic heterocycles. The van der Waals surface area contributed by atoms with E-state index in [1.54, 1.807) is 13.2 Å². The lowest BCUT2D eigenvalue weighted by atomic mass is 10.1. The first-order valence-electron chi connectivity index (χ1n) is 5.23. The van der Waals surface area contributed by atoms with Gasteiger partial charge in [-0.25, -0.2) is 4.79 Å². The molecular weight excluding hydrogens is 210 g/mol. The quantitative estimate of drug-likeness (QED) is 0.456. The molecule has 5 heteroatoms. The number of hydrogen-bond acceptors (Lipinski definition) is 3. The molecule has 0 fully saturated rings. The zero-order valence-corrected chi connectivity index (χ0v) is 9.57. The normalized spacial score (nSPS) is 11.8. The van der Waals surface area contributed by atoms with Gasteiger partial charge < -0.3 is 15.2 Å². The maximum Gasteiger partial charge on any atom is 0.326 e. The average Bonchev–Trinajstić information content (AvgIpc) is 2.25. The first-order valence-corrected chi connectivity index (χ1v) is 5.23. The van der Waals surface area contributed by atoms with Crippen molar-refractivity contribution in [1.82, 2.24) is 5.32 Å². The lowest BCUT2D eigenvalue weighted by molar-refractivity contribution is -0.142. The summed E-state index contributed by atoms with van der Waals surface area (Å²) in [6, 6.07) is -0.826. The molecule has 0 aliphatic rings. The molecule has 1 amide bonds. The minimum Gasteiger partial charge on any atom is -0.480 e. The third kappa shape index (κ3) is 7.00. The van der Waals surface area contributed by atoms with Gasteiger partial charge in [0.1, 0.15) is 6.04 Å². The van der Waals surface area contributed by atoms with Crippen molar-refractivity contribution in [2.45, 2.75) is 31.7 Å². The highest BCUT2D eigenvalue weighted by molar-refractivity contribution is 5.83. The van der Waals surface area contributed by atoms with Crippen molar-refractivity contribution < 1.29 is 19.4 Å². The van der Waals surface area contributed by atoms with E-state index in [-0.39, 0.29) is 12.3 Å². The van der Waals surface area contributed by atoms with Crippen LogP contribution in [0.25, 0.3) is 0 Å². The van der Waals surface area contributed by atoms with Gasteiger partial charge in [-0.3, -0.25) is 4.79 Å². The van der Waals surface area contributed by atoms with Crippen LogP contribution in [0.1, 0.15) is 25.7 Å². The molecule has 0 saturated heterocycles. The maximum atomic E-state index is 11.3. The largest absolute Gasteiger partial charge is 0.480 e. The van der Waals surface area contributed by atoms with Crippen LogP contribution in [-0.4, -0.2) is 36.7 Å². The number of carbonyl (C=O) groups excluding carboxylic acids is 1. The van der Waals surface area contributed by atoms with Crippen LogP contribution in [0, 0.1) is 0 Å². The first kappa shape index (κ1) is 14.6. The Kier molecular flexibility index (Phi) is 8.15. The van der Waals surface area contributed by atoms with Crippen molar-refractivity contribution in [3.05, 3.63) is 12.7 Å². The van der Waals surface area contributed by atoms with Crippen molar-refractivity contribution in [2.24, 2.45) is 0 Å². The van der Waals surface area contributed by atoms with Gasteiger partial charge in [-0.2, -0.15) is 0 Å². The molecule has 0 aromatic rings. The molecule has 0 aliphatic carbocycles. The standard InChI is InChI=1S/C11H19NO4/c1-3-4-7-10(13)12-9(11(14)15)6-5-8-16-2/h3,9H,1,4-8H2,2H3,(H,12,13)(H,14,15). The van der Waals surface area contributed by atoms with E-state index in [1.165, 1.54) is 0 Å². The molecule has 0 spiro atoms. The number of nitrogens with one attached hydrogen (secondary N) is 1. The van der Waals surface area contributed by atoms with Gasteiger partial charge in [-0.05, 0) is 19.3 Å². The van der Waals surface area contributed by atoms with Crippen LogP contribution in [0.4, 0.5) is 0 Å². The Labute approximate surface area is 95.5 Å². The SMILES string of the molecule is C=CCCC(=O)NC(CCCOC)C(=O)O. The number of amides is 1. The van der Waals surface area contributed by atoms with Gasteiger partial charge in [0, 0.05) is 20.1 Å². The van der Waals surface area contributed by atoms with E-state index in [1.807, 2.05) is 0 Å². The molecule has 1 unspecified atom stereocenters. The topological polar surface area (TPSA) is 75.6 Å². The van der Waals surface area contributed by atoms with E-state index in [9.17, 15) is 9.59 Å². The summed E-state index contributed by atoms with van der Waals surface area (Å²) in [5.41, 5.74) is 0. The third-order valence-electron chi connectivity index (χ3n) is 2.05. The van der Waals surface area contributed by atoms with E-state index in [2.05, 4.69) is 11.9 Å². The van der Waals surface area contributed by atoms with Gasteiger partial charge >= 0.3 is 5.97 Å². The molecule has 5 nitrogen and oxygen atoms in total. The summed E-state index contributed by atoms with van der Waals surface area (Å²) in [4.78, 5) is 22.1. The summed E-state index contributed by atoms with van der Waals surface area (Å²) in [5, 5.41) is 11.3. The highest BCUT2D eigenvalue weighted by atomic mass is 16.5. The number of rotatable bonds is 9. The molecule has 0 aromatic carbocycles. The number of methoxy groups -OCH3 is 1. The van der Waals surface area contributed by atoms with E-state index >= 15 is 0 Å². The summed E-state index contributed by atoms with van der Waals surface area (Å²) in [5.74, 6) is -1.27. The molecule has 0 radical (unpaired) electrons. The van der Waals surface area contributed by atoms with Crippen molar-refractivity contribution in [2.75, 3.05) is 13.7 Å². The summed E-state index contributed by atoms with van der Waals surface area (Å²) < 4.78 is 4.82. The van der Waals surface area contributed by atoms with Crippen LogP contribution in [0.5, 0.6) is 0 Å². The Bertz CT molecular complexity index is 240. The van der Waals surface area contributed by atoms with E-state index < -0.39 is 12.0 Å². The highest BCUT2D eigenvalue weighted by Crippen LogP contribution is 2.00. The highest BCUT2D eigenvalue weighted by Gasteiger charge is 2.18. The van der Waals surface area contributed by atoms with Gasteiger partial charge in [0.2, 0.25) is 5.91 Å². The molecular formula is C11H19NO4. The van der Waals surface area contributed by atoms with Gasteiger partial charge in [-0.15, -0.1) is 6.58 Å². The summed E-state index contributed by atoms with van der Waals surface area (Å²) in [6.45, 7) is 3.99. The second-order valence-corrected chi connectivity index (χ2v) is 3.42. The van der Waals surface area contributed by atoms with Crippen molar-refractivity contribution in [3.63, 3.8) is 0 Å². The fraction of sp³-hybridized carbons (Fsp3) is 0.636. The fourth-order valence-corrected chi connectivity index (χ4v) is 1.19. The van der Waals surface area contributed by atoms with Crippen LogP contribution in [0.3, 0.4) is 0 Å². The van der Waals surface area contributed by atoms with Crippen molar-refractivity contribution >= 4 is 11.9 Å². The second-order valence-electron chi connectivity index (χ2n) is 3.42. The van der Waals surface area contributed by atoms with Crippen LogP contribution >= 0.6 is 0 Å². The van der Waals surface area contributed by atoms with E-state index in [0.29, 0.717) is 25.9 Å². The Morgan fingerprint density at radius 2 is 2.25 bits per heavy atom. The Morgan fingerprint density at radius 3 is 2.75 bits per heavy atom. The summed E-state index contributed by atoms with van der Waals surface area (Å²) in [6.07, 6.45) is 3.44. The summed E-state index contributed by atoms with van der Waals surface area (Å²) >= 11 is 0. The molecule has 0 aliphatic heterocycles. The van der Waals surface area contributed by atoms with Crippen molar-refractivity contribution in [3.8, 4) is 0 Å². The lowest BCUT2D eigenvalue weighted by Crippen LogP contribution is -2.40. The van der Waals surface area contributed by atoms with Gasteiger partial charge in [0.25, 0.3) is 0 Å². The van der Waals surface area contributed by atoms with Gasteiger partial charge in [-0.1, -0.05) is 6.08 Å². The number of carbonyl (C=O) groups is 2. The van der Waals surface area contributed by atoms with Crippen LogP contribution in [0.15, 0.2) is 12.7 Å². The minimum atomic E-state index is -1.01. The number of aliphatic carboxylic acids is 1. The Hall–Kier alpha value is -1.36. The second kappa shape index (κ2) is 8.91. The zero-order chi connectivity index (χ0) is 12.4. The zero-order valence-electron chi connectivity index (χ0n) is 9.57. The molecule has 0 saturated carbocycles. The predicted octanol–water partition coefficient (Wildman–Crippen LogP) is 0.949. The number of allylic oxidation sites excluding steroid dienone is 1. The number of ether oxygens (including phenoxy) is 1. The molecule has 16 heavy (non-hydrogen) atoms. The van der Waals surface area contributed by atoms with Crippen LogP contribution in [0.2, 0.25) is 0 Å². The molecule has 1 atom stereocenters. The van der Waals surface area contributed by atoms with Crippen LogP contribution < -0.4 is 5.32 Å². The lowest BCUT2D eigenvalue weighted by Gasteiger charge is -2.13. The average molecular weight is 229 g/mol. The number of carboxylic acid groups (broad SMARTS) is 1. The number of hydrogen-bond donors (Lipinski definition) is 2. The fourth-order valence-electron chi connectivity index (χ4n) is 1.19. The molecule has 0 heterocycles. The number of carboxylic acids is 1. The molecule has 0 rings (SSSR count). The Balaban J connectivity index is 3.96. The van der Waals surface area contributed by atoms with Crippen molar-refractivity contribution in [1.29, 1.82) is 0 Å².